The first-order chi connectivity index (χ1) is 13.5. The van der Waals surface area contributed by atoms with Crippen LogP contribution in [0.2, 0.25) is 0 Å². The number of anilines is 1. The summed E-state index contributed by atoms with van der Waals surface area (Å²) in [4.78, 5) is 9.84. The molecule has 146 valence electrons. The van der Waals surface area contributed by atoms with Gasteiger partial charge in [-0.05, 0) is 30.7 Å². The molecule has 0 atom stereocenters. The predicted octanol–water partition coefficient (Wildman–Crippen LogP) is 2.46. The SMILES string of the molecule is Cc1cnc2c(S(=O)(=O)[N-]Cc3cc[nH+]c(N4CCOCC4)c3)cccc2c1. The van der Waals surface area contributed by atoms with Crippen LogP contribution in [0.25, 0.3) is 15.6 Å². The summed E-state index contributed by atoms with van der Waals surface area (Å²) in [5, 5.41) is 0.792. The lowest BCUT2D eigenvalue weighted by Crippen LogP contribution is -2.39. The summed E-state index contributed by atoms with van der Waals surface area (Å²) < 4.78 is 35.1. The van der Waals surface area contributed by atoms with Crippen LogP contribution in [0, 0.1) is 6.92 Å². The number of morpholine rings is 1. The van der Waals surface area contributed by atoms with Crippen molar-refractivity contribution in [3.8, 4) is 0 Å². The van der Waals surface area contributed by atoms with Crippen molar-refractivity contribution >= 4 is 26.7 Å². The molecule has 28 heavy (non-hydrogen) atoms. The van der Waals surface area contributed by atoms with Crippen molar-refractivity contribution < 1.29 is 18.1 Å². The van der Waals surface area contributed by atoms with Crippen LogP contribution in [0.3, 0.4) is 0 Å². The Balaban J connectivity index is 1.55. The highest BCUT2D eigenvalue weighted by atomic mass is 32.2. The van der Waals surface area contributed by atoms with Gasteiger partial charge in [-0.15, -0.1) is 6.54 Å². The topological polar surface area (TPSA) is 87.7 Å². The number of aromatic nitrogens is 2. The van der Waals surface area contributed by atoms with Crippen LogP contribution in [0.5, 0.6) is 0 Å². The van der Waals surface area contributed by atoms with Crippen molar-refractivity contribution in [3.63, 3.8) is 0 Å². The van der Waals surface area contributed by atoms with Gasteiger partial charge < -0.3 is 9.46 Å². The van der Waals surface area contributed by atoms with Gasteiger partial charge in [-0.3, -0.25) is 9.88 Å². The number of hydrogen-bond acceptors (Lipinski definition) is 5. The van der Waals surface area contributed by atoms with Crippen LogP contribution in [0.1, 0.15) is 11.1 Å². The molecule has 0 amide bonds. The number of para-hydroxylation sites is 1. The standard InChI is InChI=1S/C20H21N4O3S/c1-15-11-17-3-2-4-18(20(17)22-13-15)28(25,26)23-14-16-5-6-21-19(12-16)24-7-9-27-10-8-24/h2-6,11-13H,7-10,14H2,1H3/q-1/p+1. The number of nitrogens with one attached hydrogen (secondary N) is 1. The summed E-state index contributed by atoms with van der Waals surface area (Å²) in [6.07, 6.45) is 3.48. The largest absolute Gasteiger partial charge is 0.541 e. The number of fused-ring (bicyclic) bond motifs is 1. The third-order valence-corrected chi connectivity index (χ3v) is 6.06. The fourth-order valence-corrected chi connectivity index (χ4v) is 4.39. The molecule has 0 saturated carbocycles. The molecule has 1 aromatic carbocycles. The van der Waals surface area contributed by atoms with E-state index in [1.165, 1.54) is 0 Å². The van der Waals surface area contributed by atoms with Crippen molar-refractivity contribution in [2.24, 2.45) is 0 Å². The summed E-state index contributed by atoms with van der Waals surface area (Å²) in [5.74, 6) is 0.940. The van der Waals surface area contributed by atoms with Crippen molar-refractivity contribution in [3.05, 3.63) is 64.6 Å². The minimum atomic E-state index is -3.82. The molecule has 8 heteroatoms. The molecular formula is C20H22N4O3S. The Morgan fingerprint density at radius 1 is 1.21 bits per heavy atom. The van der Waals surface area contributed by atoms with E-state index in [9.17, 15) is 8.42 Å². The minimum absolute atomic E-state index is 0.0800. The van der Waals surface area contributed by atoms with Crippen molar-refractivity contribution in [2.45, 2.75) is 18.4 Å². The van der Waals surface area contributed by atoms with E-state index in [4.69, 9.17) is 4.74 Å². The number of nitrogens with zero attached hydrogens (tertiary/aromatic N) is 3. The molecule has 1 aliphatic heterocycles. The highest BCUT2D eigenvalue weighted by molar-refractivity contribution is 7.94. The molecule has 3 heterocycles. The molecule has 7 nitrogen and oxygen atoms in total. The first kappa shape index (κ1) is 18.8. The number of rotatable bonds is 5. The van der Waals surface area contributed by atoms with E-state index >= 15 is 0 Å². The van der Waals surface area contributed by atoms with Crippen LogP contribution < -0.4 is 9.88 Å². The zero-order valence-corrected chi connectivity index (χ0v) is 16.4. The van der Waals surface area contributed by atoms with Gasteiger partial charge in [0.05, 0.1) is 29.8 Å². The van der Waals surface area contributed by atoms with E-state index in [1.54, 1.807) is 18.3 Å². The van der Waals surface area contributed by atoms with E-state index < -0.39 is 10.0 Å². The van der Waals surface area contributed by atoms with E-state index in [1.807, 2.05) is 37.4 Å². The smallest absolute Gasteiger partial charge is 0.274 e. The molecule has 0 bridgehead atoms. The van der Waals surface area contributed by atoms with Gasteiger partial charge in [0.1, 0.15) is 23.1 Å². The summed E-state index contributed by atoms with van der Waals surface area (Å²) in [6.45, 7) is 4.98. The fourth-order valence-electron chi connectivity index (χ4n) is 3.26. The molecule has 0 aliphatic carbocycles. The Bertz CT molecular complexity index is 1100. The lowest BCUT2D eigenvalue weighted by molar-refractivity contribution is -0.364. The van der Waals surface area contributed by atoms with E-state index in [0.29, 0.717) is 18.7 Å². The van der Waals surface area contributed by atoms with Crippen LogP contribution >= 0.6 is 0 Å². The normalized spacial score (nSPS) is 15.1. The Labute approximate surface area is 164 Å². The number of ether oxygens (including phenoxy) is 1. The Morgan fingerprint density at radius 3 is 2.86 bits per heavy atom. The number of sulfonamides is 1. The third-order valence-electron chi connectivity index (χ3n) is 4.71. The van der Waals surface area contributed by atoms with Gasteiger partial charge in [-0.2, -0.15) is 0 Å². The molecule has 1 N–H and O–H groups in total. The van der Waals surface area contributed by atoms with E-state index in [0.717, 1.165) is 35.4 Å². The number of pyridine rings is 2. The summed E-state index contributed by atoms with van der Waals surface area (Å²) in [7, 11) is -3.82. The zero-order valence-electron chi connectivity index (χ0n) is 15.6. The first-order valence-corrected chi connectivity index (χ1v) is 10.6. The Hall–Kier alpha value is -2.55. The maximum Gasteiger partial charge on any atom is 0.274 e. The fraction of sp³-hybridized carbons (Fsp3) is 0.300. The molecule has 4 rings (SSSR count). The van der Waals surface area contributed by atoms with Gasteiger partial charge in [0, 0.05) is 17.6 Å². The monoisotopic (exact) mass is 398 g/mol. The molecule has 0 unspecified atom stereocenters. The molecule has 2 aromatic heterocycles. The molecule has 0 radical (unpaired) electrons. The molecular weight excluding hydrogens is 376 g/mol. The minimum Gasteiger partial charge on any atom is -0.541 e. The maximum atomic E-state index is 12.8. The zero-order chi connectivity index (χ0) is 19.6. The second-order valence-corrected chi connectivity index (χ2v) is 8.43. The number of hydrogen-bond donors (Lipinski definition) is 0. The third kappa shape index (κ3) is 3.99. The lowest BCUT2D eigenvalue weighted by atomic mass is 10.2. The molecule has 1 aliphatic rings. The summed E-state index contributed by atoms with van der Waals surface area (Å²) in [6, 6.07) is 10.8. The van der Waals surface area contributed by atoms with Crippen LogP contribution in [0.4, 0.5) is 5.82 Å². The van der Waals surface area contributed by atoms with Gasteiger partial charge in [-0.1, -0.05) is 17.7 Å². The molecule has 3 aromatic rings. The summed E-state index contributed by atoms with van der Waals surface area (Å²) >= 11 is 0. The lowest BCUT2D eigenvalue weighted by Gasteiger charge is -2.23. The second-order valence-electron chi connectivity index (χ2n) is 6.78. The number of aromatic amines is 1. The Morgan fingerprint density at radius 2 is 2.04 bits per heavy atom. The second kappa shape index (κ2) is 7.83. The average Bonchev–Trinajstić information content (AvgIpc) is 2.72. The number of benzene rings is 1. The van der Waals surface area contributed by atoms with E-state index in [2.05, 4.69) is 19.6 Å². The van der Waals surface area contributed by atoms with Gasteiger partial charge in [0.15, 0.2) is 0 Å². The van der Waals surface area contributed by atoms with Crippen LogP contribution in [-0.4, -0.2) is 39.7 Å². The van der Waals surface area contributed by atoms with Crippen molar-refractivity contribution in [1.29, 1.82) is 0 Å². The van der Waals surface area contributed by atoms with Gasteiger partial charge in [0.2, 0.25) is 0 Å². The highest BCUT2D eigenvalue weighted by Gasteiger charge is 2.19. The molecule has 0 spiro atoms. The molecule has 1 fully saturated rings. The van der Waals surface area contributed by atoms with Gasteiger partial charge in [-0.25, -0.2) is 13.4 Å². The van der Waals surface area contributed by atoms with Crippen LogP contribution in [-0.2, 0) is 21.3 Å². The quantitative estimate of drug-likeness (QED) is 0.659. The number of H-pyrrole nitrogens is 1. The van der Waals surface area contributed by atoms with Crippen molar-refractivity contribution in [1.82, 2.24) is 4.98 Å². The van der Waals surface area contributed by atoms with Crippen LogP contribution in [0.15, 0.2) is 53.7 Å². The first-order valence-electron chi connectivity index (χ1n) is 9.15. The van der Waals surface area contributed by atoms with Gasteiger partial charge in [0.25, 0.3) is 5.82 Å². The average molecular weight is 398 g/mol. The van der Waals surface area contributed by atoms with E-state index in [-0.39, 0.29) is 11.4 Å². The molecule has 1 saturated heterocycles. The van der Waals surface area contributed by atoms with Crippen molar-refractivity contribution in [2.75, 3.05) is 31.2 Å². The highest BCUT2D eigenvalue weighted by Crippen LogP contribution is 2.27. The Kier molecular flexibility index (Phi) is 5.25. The maximum absolute atomic E-state index is 12.8. The van der Waals surface area contributed by atoms with Gasteiger partial charge >= 0.3 is 0 Å². The predicted molar refractivity (Wildman–Crippen MR) is 107 cm³/mol. The summed E-state index contributed by atoms with van der Waals surface area (Å²) in [5.41, 5.74) is 2.26. The number of aryl methyl sites for hydroxylation is 1.